The van der Waals surface area contributed by atoms with Gasteiger partial charge in [0.15, 0.2) is 5.78 Å². The fourth-order valence-electron chi connectivity index (χ4n) is 1.02. The van der Waals surface area contributed by atoms with E-state index in [1.165, 1.54) is 6.26 Å². The van der Waals surface area contributed by atoms with Crippen LogP contribution in [0.5, 0.6) is 0 Å². The Bertz CT molecular complexity index is 302. The molecule has 0 aliphatic heterocycles. The normalized spacial score (nSPS) is 13.3. The van der Waals surface area contributed by atoms with Crippen molar-refractivity contribution in [1.82, 2.24) is 0 Å². The highest BCUT2D eigenvalue weighted by Gasteiger charge is 2.21. The van der Waals surface area contributed by atoms with Crippen molar-refractivity contribution in [1.29, 1.82) is 0 Å². The van der Waals surface area contributed by atoms with Crippen LogP contribution < -0.4 is 0 Å². The molecular weight excluding hydrogens is 188 g/mol. The number of hydrogen-bond donors (Lipinski definition) is 0. The molecule has 1 aromatic heterocycles. The molecule has 72 valence electrons. The maximum atomic E-state index is 11.7. The first-order valence-corrected chi connectivity index (χ1v) is 4.69. The van der Waals surface area contributed by atoms with E-state index >= 15 is 0 Å². The van der Waals surface area contributed by atoms with Crippen LogP contribution in [0.1, 0.15) is 31.1 Å². The summed E-state index contributed by atoms with van der Waals surface area (Å²) in [6.07, 6.45) is 1.43. The molecule has 0 N–H and O–H groups in total. The highest BCUT2D eigenvalue weighted by Crippen LogP contribution is 2.23. The molecule has 1 aromatic rings. The van der Waals surface area contributed by atoms with Crippen LogP contribution in [0.2, 0.25) is 5.22 Å². The van der Waals surface area contributed by atoms with Crippen molar-refractivity contribution in [2.45, 2.75) is 20.8 Å². The minimum atomic E-state index is -0.0184. The smallest absolute Gasteiger partial charge is 0.203 e. The van der Waals surface area contributed by atoms with Crippen molar-refractivity contribution in [2.75, 3.05) is 0 Å². The highest BCUT2D eigenvalue weighted by molar-refractivity contribution is 6.32. The van der Waals surface area contributed by atoms with Crippen LogP contribution >= 0.6 is 11.6 Å². The van der Waals surface area contributed by atoms with Gasteiger partial charge in [-0.2, -0.15) is 0 Å². The van der Waals surface area contributed by atoms with Crippen LogP contribution in [0.25, 0.3) is 0 Å². The number of ketones is 1. The quantitative estimate of drug-likeness (QED) is 0.700. The SMILES string of the molecule is CC(C)C(C)C(=O)c1ccoc1Cl. The molecule has 0 aliphatic carbocycles. The monoisotopic (exact) mass is 200 g/mol. The summed E-state index contributed by atoms with van der Waals surface area (Å²) in [7, 11) is 0. The molecule has 13 heavy (non-hydrogen) atoms. The van der Waals surface area contributed by atoms with Crippen molar-refractivity contribution in [3.8, 4) is 0 Å². The second kappa shape index (κ2) is 3.97. The van der Waals surface area contributed by atoms with Gasteiger partial charge in [-0.15, -0.1) is 0 Å². The number of halogens is 1. The molecular formula is C10H13ClO2. The molecule has 1 atom stereocenters. The molecule has 3 heteroatoms. The molecule has 1 heterocycles. The largest absolute Gasteiger partial charge is 0.452 e. The van der Waals surface area contributed by atoms with Gasteiger partial charge in [-0.1, -0.05) is 20.8 Å². The lowest BCUT2D eigenvalue weighted by atomic mass is 9.91. The van der Waals surface area contributed by atoms with E-state index in [2.05, 4.69) is 0 Å². The van der Waals surface area contributed by atoms with Gasteiger partial charge in [-0.25, -0.2) is 0 Å². The molecule has 0 radical (unpaired) electrons. The number of rotatable bonds is 3. The number of hydrogen-bond acceptors (Lipinski definition) is 2. The van der Waals surface area contributed by atoms with Crippen molar-refractivity contribution in [2.24, 2.45) is 11.8 Å². The Morgan fingerprint density at radius 3 is 2.46 bits per heavy atom. The number of Topliss-reactive ketones (excluding diaryl/α,β-unsaturated/α-hetero) is 1. The van der Waals surface area contributed by atoms with Gasteiger partial charge in [0.05, 0.1) is 11.8 Å². The summed E-state index contributed by atoms with van der Waals surface area (Å²) in [5, 5.41) is 0.192. The first kappa shape index (κ1) is 10.3. The molecule has 0 saturated carbocycles. The molecule has 0 amide bonds. The van der Waals surface area contributed by atoms with E-state index < -0.39 is 0 Å². The summed E-state index contributed by atoms with van der Waals surface area (Å²) >= 11 is 5.70. The van der Waals surface area contributed by atoms with E-state index in [-0.39, 0.29) is 16.9 Å². The third-order valence-corrected chi connectivity index (χ3v) is 2.59. The predicted molar refractivity (Wildman–Crippen MR) is 52.1 cm³/mol. The van der Waals surface area contributed by atoms with Gasteiger partial charge in [0.2, 0.25) is 5.22 Å². The number of furan rings is 1. The van der Waals surface area contributed by atoms with Crippen LogP contribution in [-0.4, -0.2) is 5.78 Å². The molecule has 0 aromatic carbocycles. The van der Waals surface area contributed by atoms with Gasteiger partial charge in [0.1, 0.15) is 0 Å². The van der Waals surface area contributed by atoms with Gasteiger partial charge in [0.25, 0.3) is 0 Å². The molecule has 1 rings (SSSR count). The standard InChI is InChI=1S/C10H13ClO2/c1-6(2)7(3)9(12)8-4-5-13-10(8)11/h4-7H,1-3H3. The van der Waals surface area contributed by atoms with Gasteiger partial charge < -0.3 is 4.42 Å². The lowest BCUT2D eigenvalue weighted by molar-refractivity contribution is 0.0899. The average Bonchev–Trinajstić information content (AvgIpc) is 2.48. The van der Waals surface area contributed by atoms with Crippen molar-refractivity contribution in [3.05, 3.63) is 23.1 Å². The van der Waals surface area contributed by atoms with Crippen molar-refractivity contribution in [3.63, 3.8) is 0 Å². The van der Waals surface area contributed by atoms with E-state index in [0.29, 0.717) is 11.5 Å². The molecule has 2 nitrogen and oxygen atoms in total. The average molecular weight is 201 g/mol. The maximum Gasteiger partial charge on any atom is 0.203 e. The van der Waals surface area contributed by atoms with Crippen LogP contribution in [0.3, 0.4) is 0 Å². The summed E-state index contributed by atoms with van der Waals surface area (Å²) in [4.78, 5) is 11.7. The Kier molecular flexibility index (Phi) is 3.15. The van der Waals surface area contributed by atoms with Crippen LogP contribution in [0.4, 0.5) is 0 Å². The van der Waals surface area contributed by atoms with Crippen LogP contribution in [-0.2, 0) is 0 Å². The first-order valence-electron chi connectivity index (χ1n) is 4.31. The summed E-state index contributed by atoms with van der Waals surface area (Å²) in [5.41, 5.74) is 0.489. The van der Waals surface area contributed by atoms with Gasteiger partial charge >= 0.3 is 0 Å². The number of carbonyl (C=O) groups is 1. The lowest BCUT2D eigenvalue weighted by Gasteiger charge is -2.12. The third-order valence-electron chi connectivity index (χ3n) is 2.30. The zero-order chi connectivity index (χ0) is 10.0. The summed E-state index contributed by atoms with van der Waals surface area (Å²) in [5.74, 6) is 0.349. The van der Waals surface area contributed by atoms with Crippen LogP contribution in [0.15, 0.2) is 16.7 Å². The van der Waals surface area contributed by atoms with Crippen molar-refractivity contribution >= 4 is 17.4 Å². The maximum absolute atomic E-state index is 11.7. The minimum absolute atomic E-state index is 0.0184. The van der Waals surface area contributed by atoms with Gasteiger partial charge in [0, 0.05) is 5.92 Å². The number of carbonyl (C=O) groups excluding carboxylic acids is 1. The Morgan fingerprint density at radius 2 is 2.08 bits per heavy atom. The van der Waals surface area contributed by atoms with Crippen LogP contribution in [0, 0.1) is 11.8 Å². The van der Waals surface area contributed by atoms with Gasteiger partial charge in [-0.05, 0) is 23.6 Å². The van der Waals surface area contributed by atoms with E-state index in [0.717, 1.165) is 0 Å². The highest BCUT2D eigenvalue weighted by atomic mass is 35.5. The second-order valence-corrected chi connectivity index (χ2v) is 3.85. The molecule has 0 spiro atoms. The first-order chi connectivity index (χ1) is 6.04. The summed E-state index contributed by atoms with van der Waals surface area (Å²) in [6, 6.07) is 1.61. The summed E-state index contributed by atoms with van der Waals surface area (Å²) in [6.45, 7) is 5.92. The molecule has 0 aliphatic rings. The Labute approximate surface area is 82.9 Å². The fourth-order valence-corrected chi connectivity index (χ4v) is 1.23. The van der Waals surface area contributed by atoms with E-state index in [4.69, 9.17) is 16.0 Å². The Hall–Kier alpha value is -0.760. The van der Waals surface area contributed by atoms with Gasteiger partial charge in [-0.3, -0.25) is 4.79 Å². The predicted octanol–water partition coefficient (Wildman–Crippen LogP) is 3.41. The fraction of sp³-hybridized carbons (Fsp3) is 0.500. The zero-order valence-electron chi connectivity index (χ0n) is 8.00. The van der Waals surface area contributed by atoms with Crippen molar-refractivity contribution < 1.29 is 9.21 Å². The third kappa shape index (κ3) is 2.13. The second-order valence-electron chi connectivity index (χ2n) is 3.50. The topological polar surface area (TPSA) is 30.2 Å². The minimum Gasteiger partial charge on any atom is -0.452 e. The lowest BCUT2D eigenvalue weighted by Crippen LogP contribution is -2.16. The molecule has 0 saturated heterocycles. The molecule has 0 bridgehead atoms. The summed E-state index contributed by atoms with van der Waals surface area (Å²) < 4.78 is 4.86. The Balaban J connectivity index is 2.86. The molecule has 0 fully saturated rings. The van der Waals surface area contributed by atoms with E-state index in [9.17, 15) is 4.79 Å². The van der Waals surface area contributed by atoms with E-state index in [1.54, 1.807) is 6.07 Å². The Morgan fingerprint density at radius 1 is 1.46 bits per heavy atom. The van der Waals surface area contributed by atoms with E-state index in [1.807, 2.05) is 20.8 Å². The molecule has 1 unspecified atom stereocenters. The zero-order valence-corrected chi connectivity index (χ0v) is 8.76.